The molecule has 1 amide bonds. The van der Waals surface area contributed by atoms with Crippen molar-refractivity contribution >= 4 is 15.9 Å². The van der Waals surface area contributed by atoms with Crippen molar-refractivity contribution in [2.75, 3.05) is 0 Å². The van der Waals surface area contributed by atoms with Crippen molar-refractivity contribution in [1.82, 2.24) is 14.5 Å². The van der Waals surface area contributed by atoms with Crippen LogP contribution in [0.15, 0.2) is 41.4 Å². The monoisotopic (exact) mass is 323 g/mol. The minimum absolute atomic E-state index is 0.294. The van der Waals surface area contributed by atoms with E-state index in [4.69, 9.17) is 0 Å². The number of rotatable bonds is 4. The summed E-state index contributed by atoms with van der Waals surface area (Å²) >= 11 is 0. The number of hydrogen-bond donors (Lipinski definition) is 2. The van der Waals surface area contributed by atoms with Gasteiger partial charge in [0.2, 0.25) is 5.91 Å². The molecule has 0 aliphatic carbocycles. The van der Waals surface area contributed by atoms with Crippen LogP contribution in [0.25, 0.3) is 5.69 Å². The molecule has 0 radical (unpaired) electrons. The molecule has 8 heteroatoms. The first-order chi connectivity index (χ1) is 10.1. The molecule has 1 aromatic carbocycles. The zero-order valence-electron chi connectivity index (χ0n) is 12.4. The molecule has 0 bridgehead atoms. The number of amides is 1. The quantitative estimate of drug-likeness (QED) is 0.871. The summed E-state index contributed by atoms with van der Waals surface area (Å²) < 4.78 is 27.4. The van der Waals surface area contributed by atoms with Crippen molar-refractivity contribution in [1.29, 1.82) is 0 Å². The number of benzene rings is 1. The lowest BCUT2D eigenvalue weighted by Gasteiger charge is -2.18. The van der Waals surface area contributed by atoms with Gasteiger partial charge in [-0.2, -0.15) is 13.5 Å². The van der Waals surface area contributed by atoms with Gasteiger partial charge in [0.15, 0.2) is 5.03 Å². The minimum atomic E-state index is -4.07. The summed E-state index contributed by atoms with van der Waals surface area (Å²) in [7, 11) is -4.07. The minimum Gasteiger partial charge on any atom is -0.384 e. The Labute approximate surface area is 128 Å². The number of sulfonamides is 1. The highest BCUT2D eigenvalue weighted by atomic mass is 32.2. The van der Waals surface area contributed by atoms with E-state index in [1.165, 1.54) is 24.6 Å². The molecule has 1 aromatic heterocycles. The molecule has 0 spiro atoms. The Morgan fingerprint density at radius 2 is 1.86 bits per heavy atom. The molecule has 0 aliphatic rings. The standard InChI is InChI=1S/C14H17N3O4S/c1-10(18)16-22(20,21)13-9-12(14(2,3)19)17(15-13)11-7-5-4-6-8-11/h4-9,19H,1-3H3,(H,16,18). The van der Waals surface area contributed by atoms with Crippen LogP contribution in [0.4, 0.5) is 0 Å². The summed E-state index contributed by atoms with van der Waals surface area (Å²) in [6, 6.07) is 10.1. The summed E-state index contributed by atoms with van der Waals surface area (Å²) in [4.78, 5) is 11.0. The highest BCUT2D eigenvalue weighted by Crippen LogP contribution is 2.25. The zero-order chi connectivity index (χ0) is 16.5. The van der Waals surface area contributed by atoms with E-state index >= 15 is 0 Å². The van der Waals surface area contributed by atoms with Crippen molar-refractivity contribution < 1.29 is 18.3 Å². The zero-order valence-corrected chi connectivity index (χ0v) is 13.3. The van der Waals surface area contributed by atoms with Gasteiger partial charge in [0.25, 0.3) is 10.0 Å². The second-order valence-electron chi connectivity index (χ2n) is 5.34. The molecule has 0 atom stereocenters. The number of nitrogens with zero attached hydrogens (tertiary/aromatic N) is 2. The molecule has 7 nitrogen and oxygen atoms in total. The van der Waals surface area contributed by atoms with Gasteiger partial charge in [0.05, 0.1) is 11.4 Å². The Morgan fingerprint density at radius 3 is 2.36 bits per heavy atom. The van der Waals surface area contributed by atoms with Crippen LogP contribution < -0.4 is 4.72 Å². The highest BCUT2D eigenvalue weighted by Gasteiger charge is 2.28. The van der Waals surface area contributed by atoms with E-state index < -0.39 is 21.5 Å². The molecule has 0 aliphatic heterocycles. The third-order valence-corrected chi connectivity index (χ3v) is 4.17. The third kappa shape index (κ3) is 3.34. The summed E-state index contributed by atoms with van der Waals surface area (Å²) in [5, 5.41) is 13.9. The van der Waals surface area contributed by atoms with E-state index in [0.717, 1.165) is 6.92 Å². The van der Waals surface area contributed by atoms with E-state index in [-0.39, 0.29) is 5.03 Å². The van der Waals surface area contributed by atoms with Crippen molar-refractivity contribution in [3.05, 3.63) is 42.1 Å². The lowest BCUT2D eigenvalue weighted by atomic mass is 10.1. The average Bonchev–Trinajstić information content (AvgIpc) is 2.84. The molecular weight excluding hydrogens is 306 g/mol. The van der Waals surface area contributed by atoms with Gasteiger partial charge in [-0.25, -0.2) is 9.40 Å². The largest absolute Gasteiger partial charge is 0.384 e. The van der Waals surface area contributed by atoms with Gasteiger partial charge in [-0.1, -0.05) is 18.2 Å². The molecule has 2 aromatic rings. The Kier molecular flexibility index (Phi) is 4.08. The lowest BCUT2D eigenvalue weighted by Crippen LogP contribution is -2.28. The lowest BCUT2D eigenvalue weighted by molar-refractivity contribution is -0.117. The predicted molar refractivity (Wildman–Crippen MR) is 79.8 cm³/mol. The molecule has 0 fully saturated rings. The Balaban J connectivity index is 2.62. The van der Waals surface area contributed by atoms with Crippen LogP contribution in [0.3, 0.4) is 0 Å². The summed E-state index contributed by atoms with van der Waals surface area (Å²) in [5.74, 6) is -0.709. The molecule has 2 rings (SSSR count). The van der Waals surface area contributed by atoms with Crippen LogP contribution in [0, 0.1) is 0 Å². The molecule has 2 N–H and O–H groups in total. The first-order valence-corrected chi connectivity index (χ1v) is 8.01. The van der Waals surface area contributed by atoms with E-state index in [2.05, 4.69) is 5.10 Å². The number of para-hydroxylation sites is 1. The number of carbonyl (C=O) groups excluding carboxylic acids is 1. The fraction of sp³-hybridized carbons (Fsp3) is 0.286. The maximum absolute atomic E-state index is 12.1. The van der Waals surface area contributed by atoms with Gasteiger partial charge in [0, 0.05) is 13.0 Å². The normalized spacial score (nSPS) is 12.2. The molecule has 1 heterocycles. The Bertz CT molecular complexity index is 789. The summed E-state index contributed by atoms with van der Waals surface area (Å²) in [6.45, 7) is 4.15. The van der Waals surface area contributed by atoms with Gasteiger partial charge < -0.3 is 5.11 Å². The highest BCUT2D eigenvalue weighted by molar-refractivity contribution is 7.90. The number of aromatic nitrogens is 2. The van der Waals surface area contributed by atoms with E-state index in [1.807, 2.05) is 10.8 Å². The number of aliphatic hydroxyl groups is 1. The number of carbonyl (C=O) groups is 1. The van der Waals surface area contributed by atoms with Gasteiger partial charge >= 0.3 is 0 Å². The van der Waals surface area contributed by atoms with E-state index in [1.54, 1.807) is 24.3 Å². The maximum Gasteiger partial charge on any atom is 0.283 e. The van der Waals surface area contributed by atoms with Gasteiger partial charge in [0.1, 0.15) is 5.60 Å². The third-order valence-electron chi connectivity index (χ3n) is 2.87. The SMILES string of the molecule is CC(=O)NS(=O)(=O)c1cc(C(C)(C)O)n(-c2ccccc2)n1. The van der Waals surface area contributed by atoms with Crippen LogP contribution in [-0.2, 0) is 20.4 Å². The Morgan fingerprint density at radius 1 is 1.27 bits per heavy atom. The fourth-order valence-electron chi connectivity index (χ4n) is 1.93. The molecule has 0 saturated carbocycles. The molecule has 0 unspecified atom stereocenters. The van der Waals surface area contributed by atoms with E-state index in [9.17, 15) is 18.3 Å². The second-order valence-corrected chi connectivity index (χ2v) is 6.97. The fourth-order valence-corrected chi connectivity index (χ4v) is 2.87. The number of nitrogens with one attached hydrogen (secondary N) is 1. The Hall–Kier alpha value is -2.19. The van der Waals surface area contributed by atoms with Crippen LogP contribution in [0.1, 0.15) is 26.5 Å². The van der Waals surface area contributed by atoms with Crippen molar-refractivity contribution in [2.24, 2.45) is 0 Å². The van der Waals surface area contributed by atoms with Gasteiger partial charge in [-0.05, 0) is 26.0 Å². The van der Waals surface area contributed by atoms with Crippen molar-refractivity contribution in [3.63, 3.8) is 0 Å². The molecule has 0 saturated heterocycles. The topological polar surface area (TPSA) is 101 Å². The van der Waals surface area contributed by atoms with Crippen molar-refractivity contribution in [3.8, 4) is 5.69 Å². The maximum atomic E-state index is 12.1. The predicted octanol–water partition coefficient (Wildman–Crippen LogP) is 0.925. The smallest absolute Gasteiger partial charge is 0.283 e. The van der Waals surface area contributed by atoms with E-state index in [0.29, 0.717) is 11.4 Å². The first kappa shape index (κ1) is 16.2. The van der Waals surface area contributed by atoms with Crippen LogP contribution >= 0.6 is 0 Å². The van der Waals surface area contributed by atoms with Gasteiger partial charge in [-0.15, -0.1) is 0 Å². The molecule has 118 valence electrons. The molecular formula is C14H17N3O4S. The summed E-state index contributed by atoms with van der Waals surface area (Å²) in [5.41, 5.74) is -0.418. The van der Waals surface area contributed by atoms with Crippen LogP contribution in [0.5, 0.6) is 0 Å². The number of hydrogen-bond acceptors (Lipinski definition) is 5. The second kappa shape index (κ2) is 5.54. The average molecular weight is 323 g/mol. The van der Waals surface area contributed by atoms with Gasteiger partial charge in [-0.3, -0.25) is 4.79 Å². The van der Waals surface area contributed by atoms with Crippen LogP contribution in [0.2, 0.25) is 0 Å². The summed E-state index contributed by atoms with van der Waals surface area (Å²) in [6.07, 6.45) is 0. The van der Waals surface area contributed by atoms with Crippen molar-refractivity contribution in [2.45, 2.75) is 31.4 Å². The van der Waals surface area contributed by atoms with Crippen LogP contribution in [-0.4, -0.2) is 29.2 Å². The molecule has 22 heavy (non-hydrogen) atoms. The first-order valence-electron chi connectivity index (χ1n) is 6.53.